The molecule has 105 heavy (non-hydrogen) atoms. The van der Waals surface area contributed by atoms with Crippen LogP contribution in [-0.4, -0.2) is 31.4 Å². The molecule has 24 rings (SSSR count). The van der Waals surface area contributed by atoms with Gasteiger partial charge in [0.05, 0.1) is 44.9 Å². The summed E-state index contributed by atoms with van der Waals surface area (Å²) in [6.45, 7) is -1.02. The molecule has 0 spiro atoms. The normalized spacial score (nSPS) is 14.1. The summed E-state index contributed by atoms with van der Waals surface area (Å²) in [7, 11) is 0. The van der Waals surface area contributed by atoms with Crippen LogP contribution in [0, 0.1) is 22.7 Å². The molecule has 0 saturated heterocycles. The number of nitriles is 2. The van der Waals surface area contributed by atoms with Crippen molar-refractivity contribution < 1.29 is 0 Å². The molecule has 9 heterocycles. The number of fused-ring (bicyclic) bond motifs is 23. The number of hydrogen-bond donors (Lipinski definition) is 0. The lowest BCUT2D eigenvalue weighted by Gasteiger charge is -2.51. The van der Waals surface area contributed by atoms with Gasteiger partial charge >= 0.3 is 0 Å². The van der Waals surface area contributed by atoms with Gasteiger partial charge in [0, 0.05) is 96.1 Å². The van der Waals surface area contributed by atoms with Gasteiger partial charge in [-0.25, -0.2) is 0 Å². The van der Waals surface area contributed by atoms with E-state index in [0.717, 1.165) is 163 Å². The monoisotopic (exact) mass is 1330 g/mol. The summed E-state index contributed by atoms with van der Waals surface area (Å²) in [4.78, 5) is 14.7. The highest BCUT2D eigenvalue weighted by atomic mass is 15.2. The van der Waals surface area contributed by atoms with Crippen molar-refractivity contribution in [2.24, 2.45) is 0 Å². The fourth-order valence-corrected chi connectivity index (χ4v) is 20.2. The fourth-order valence-electron chi connectivity index (χ4n) is 20.2. The molecule has 16 aromatic rings. The summed E-state index contributed by atoms with van der Waals surface area (Å²) in [5.41, 5.74) is 36.6. The molecule has 0 N–H and O–H groups in total. The van der Waals surface area contributed by atoms with Gasteiger partial charge in [-0.3, -0.25) is 0 Å². The van der Waals surface area contributed by atoms with Crippen molar-refractivity contribution in [3.05, 3.63) is 333 Å². The number of aromatic nitrogens is 1. The van der Waals surface area contributed by atoms with Gasteiger partial charge in [0.25, 0.3) is 26.9 Å². The van der Waals surface area contributed by atoms with E-state index in [1.54, 1.807) is 0 Å². The second-order valence-electron chi connectivity index (χ2n) is 28.7. The SMILES string of the molecule is N#Cc1c2c3c4c5c1N(c1ccccc1)c1cc6c(cc1B5c1ccccc1N4c1ccccc1B3c1ccccc1N2c1ccccc1)c1cc2c(cc1n6-c1ccccc1)N(c1ccccc1)c1c(C#N)c3c4c5c1B2c1ccccc1N5c1ccccc1B4c1ccccc1N3c1ccccc1. The molecule has 0 saturated carbocycles. The molecule has 13 heteroatoms. The van der Waals surface area contributed by atoms with Gasteiger partial charge in [0.15, 0.2) is 0 Å². The molecule has 8 aliphatic rings. The van der Waals surface area contributed by atoms with Crippen LogP contribution in [0.2, 0.25) is 0 Å². The molecule has 0 atom stereocenters. The molecule has 0 aliphatic carbocycles. The Bertz CT molecular complexity index is 6250. The highest BCUT2D eigenvalue weighted by Crippen LogP contribution is 2.56. The summed E-state index contributed by atoms with van der Waals surface area (Å²) in [5, 5.41) is 27.6. The summed E-state index contributed by atoms with van der Waals surface area (Å²) in [6, 6.07) is 124. The van der Waals surface area contributed by atoms with Crippen molar-refractivity contribution in [3.63, 3.8) is 0 Å². The molecular weight excluding hydrogens is 1270 g/mol. The van der Waals surface area contributed by atoms with E-state index in [4.69, 9.17) is 0 Å². The third-order valence-corrected chi connectivity index (χ3v) is 23.9. The van der Waals surface area contributed by atoms with Crippen LogP contribution >= 0.6 is 0 Å². The first-order valence-electron chi connectivity index (χ1n) is 36.2. The average Bonchev–Trinajstić information content (AvgIpc) is 1.12. The first-order valence-corrected chi connectivity index (χ1v) is 36.2. The number of para-hydroxylation sites is 11. The largest absolute Gasteiger partial charge is 0.312 e. The van der Waals surface area contributed by atoms with Crippen molar-refractivity contribution >= 4 is 217 Å². The number of benzene rings is 15. The second-order valence-corrected chi connectivity index (χ2v) is 28.7. The summed E-state index contributed by atoms with van der Waals surface area (Å²) < 4.78 is 2.48. The maximum Gasteiger partial charge on any atom is 0.252 e. The minimum atomic E-state index is -0.322. The maximum absolute atomic E-state index is 12.7. The Labute approximate surface area is 607 Å². The van der Waals surface area contributed by atoms with E-state index < -0.39 is 0 Å². The number of rotatable bonds is 5. The van der Waals surface area contributed by atoms with Crippen LogP contribution < -0.4 is 95.0 Å². The lowest BCUT2D eigenvalue weighted by Crippen LogP contribution is -2.69. The van der Waals surface area contributed by atoms with Crippen molar-refractivity contribution in [3.8, 4) is 17.8 Å². The van der Waals surface area contributed by atoms with E-state index in [9.17, 15) is 10.5 Å². The highest BCUT2D eigenvalue weighted by molar-refractivity contribution is 7.06. The zero-order valence-corrected chi connectivity index (χ0v) is 56.4. The molecule has 478 valence electrons. The van der Waals surface area contributed by atoms with Gasteiger partial charge in [0.1, 0.15) is 12.1 Å². The Morgan fingerprint density at radius 2 is 0.438 bits per heavy atom. The number of hydrogen-bond acceptors (Lipinski definition) is 8. The Kier molecular flexibility index (Phi) is 11.3. The zero-order valence-electron chi connectivity index (χ0n) is 56.4. The van der Waals surface area contributed by atoms with Crippen LogP contribution in [0.1, 0.15) is 11.1 Å². The summed E-state index contributed by atoms with van der Waals surface area (Å²) in [6.07, 6.45) is 0. The van der Waals surface area contributed by atoms with Crippen molar-refractivity contribution in [1.29, 1.82) is 10.5 Å². The van der Waals surface area contributed by atoms with Crippen LogP contribution in [0.3, 0.4) is 0 Å². The predicted octanol–water partition coefficient (Wildman–Crippen LogP) is 13.9. The summed E-state index contributed by atoms with van der Waals surface area (Å²) in [5.74, 6) is 0. The molecule has 1 aromatic heterocycles. The van der Waals surface area contributed by atoms with E-state index >= 15 is 0 Å². The Morgan fingerprint density at radius 1 is 0.210 bits per heavy atom. The third kappa shape index (κ3) is 7.19. The summed E-state index contributed by atoms with van der Waals surface area (Å²) >= 11 is 0. The Morgan fingerprint density at radius 3 is 0.714 bits per heavy atom. The lowest BCUT2D eigenvalue weighted by molar-refractivity contribution is 1.17. The van der Waals surface area contributed by atoms with Crippen LogP contribution in [0.4, 0.5) is 102 Å². The first kappa shape index (κ1) is 56.8. The van der Waals surface area contributed by atoms with Gasteiger partial charge in [-0.05, 0) is 175 Å². The Balaban J connectivity index is 0.846. The molecule has 0 fully saturated rings. The van der Waals surface area contributed by atoms with Gasteiger partial charge in [-0.15, -0.1) is 0 Å². The quantitative estimate of drug-likeness (QED) is 0.158. The topological polar surface area (TPSA) is 71.9 Å². The van der Waals surface area contributed by atoms with Crippen LogP contribution in [0.15, 0.2) is 322 Å². The van der Waals surface area contributed by atoms with Crippen molar-refractivity contribution in [2.45, 2.75) is 0 Å². The van der Waals surface area contributed by atoms with Crippen LogP contribution in [0.5, 0.6) is 0 Å². The third-order valence-electron chi connectivity index (χ3n) is 23.9. The van der Waals surface area contributed by atoms with Crippen molar-refractivity contribution in [2.75, 3.05) is 29.4 Å². The molecule has 0 amide bonds. The van der Waals surface area contributed by atoms with E-state index in [-0.39, 0.29) is 26.9 Å². The van der Waals surface area contributed by atoms with Gasteiger partial charge in [0.2, 0.25) is 0 Å². The van der Waals surface area contributed by atoms with Crippen molar-refractivity contribution in [1.82, 2.24) is 4.57 Å². The Hall–Kier alpha value is -13.9. The van der Waals surface area contributed by atoms with Gasteiger partial charge in [-0.1, -0.05) is 212 Å². The van der Waals surface area contributed by atoms with E-state index in [1.165, 1.54) is 32.8 Å². The van der Waals surface area contributed by atoms with E-state index in [0.29, 0.717) is 11.1 Å². The smallest absolute Gasteiger partial charge is 0.252 e. The molecular formula is C92H53B4N9. The second kappa shape index (κ2) is 20.9. The van der Waals surface area contributed by atoms with E-state index in [1.807, 2.05) is 0 Å². The molecule has 9 nitrogen and oxygen atoms in total. The predicted molar refractivity (Wildman–Crippen MR) is 437 cm³/mol. The number of nitrogens with zero attached hydrogens (tertiary/aromatic N) is 9. The zero-order chi connectivity index (χ0) is 68.6. The number of anilines is 18. The molecule has 15 aromatic carbocycles. The minimum absolute atomic E-state index is 0.188. The van der Waals surface area contributed by atoms with Crippen LogP contribution in [-0.2, 0) is 0 Å². The highest BCUT2D eigenvalue weighted by Gasteiger charge is 2.56. The standard InChI is InChI=1S/C92H53B4N9/c97-54-63-87-83-91-85-89(63)102(59-34-12-4-13-35-59)81-52-79-61(50-71(81)95(85)69-42-20-26-48-77(69)104(91)75-46-24-18-40-67(75)93(83)65-38-16-22-44-73(65)100(87)57-30-8-2-9-31-57)62-51-72-82(53-80(62)99(79)56-28-6-1-7-29-56)103(60-36-14-5-15-37-60)90-64(55-98)88-84-92-86(90)96(72)70-43-21-27-49-78(70)105(92)76-47-25-19-41-68(76)94(84)66-39-17-23-45-74(66)101(88)58-32-10-3-11-33-58/h1-53H. The first-order chi connectivity index (χ1) is 52.1. The minimum Gasteiger partial charge on any atom is -0.312 e. The lowest BCUT2D eigenvalue weighted by atomic mass is 9.28. The van der Waals surface area contributed by atoms with Crippen LogP contribution in [0.25, 0.3) is 27.5 Å². The van der Waals surface area contributed by atoms with Gasteiger partial charge in [-0.2, -0.15) is 10.5 Å². The fraction of sp³-hybridized carbons (Fsp3) is 0. The average molecular weight is 1330 g/mol. The van der Waals surface area contributed by atoms with E-state index in [2.05, 4.69) is 368 Å². The molecule has 0 bridgehead atoms. The maximum atomic E-state index is 12.7. The molecule has 8 aliphatic heterocycles. The van der Waals surface area contributed by atoms with Gasteiger partial charge < -0.3 is 34.0 Å². The molecule has 0 radical (unpaired) electrons. The molecule has 0 unspecified atom stereocenters.